The van der Waals surface area contributed by atoms with Gasteiger partial charge < -0.3 is 30.3 Å². The first kappa shape index (κ1) is 59.0. The maximum Gasteiger partial charge on any atom is 0.296 e. The number of nitrogens with one attached hydrogen (secondary N) is 2. The van der Waals surface area contributed by atoms with Crippen molar-refractivity contribution in [3.8, 4) is 34.4 Å². The maximum absolute atomic E-state index is 12.6. The van der Waals surface area contributed by atoms with E-state index in [0.717, 1.165) is 24.3 Å². The van der Waals surface area contributed by atoms with Crippen LogP contribution in [0.2, 0.25) is 0 Å². The molecule has 8 rings (SSSR count). The summed E-state index contributed by atoms with van der Waals surface area (Å²) in [5.41, 5.74) is -0.658. The first-order chi connectivity index (χ1) is 34.7. The van der Waals surface area contributed by atoms with Crippen molar-refractivity contribution in [3.05, 3.63) is 114 Å². The van der Waals surface area contributed by atoms with Crippen LogP contribution in [0.3, 0.4) is 0 Å². The minimum absolute atomic E-state index is 0. The zero-order valence-corrected chi connectivity index (χ0v) is 47.6. The molecule has 0 bridgehead atoms. The van der Waals surface area contributed by atoms with Crippen LogP contribution in [0.4, 0.5) is 46.0 Å². The minimum Gasteiger partial charge on any atom is -0.505 e. The summed E-state index contributed by atoms with van der Waals surface area (Å²) < 4.78 is 148. The molecule has 8 aromatic rings. The summed E-state index contributed by atoms with van der Waals surface area (Å²) in [5, 5.41) is 45.2. The number of hydrogen-bond acceptors (Lipinski definition) is 21. The van der Waals surface area contributed by atoms with Gasteiger partial charge in [-0.25, -0.2) is 0 Å². The van der Waals surface area contributed by atoms with E-state index in [1.165, 1.54) is 76.6 Å². The molecule has 31 heteroatoms. The number of rotatable bonds is 15. The number of aromatic nitrogens is 3. The van der Waals surface area contributed by atoms with Gasteiger partial charge in [0.05, 0.1) is 14.2 Å². The summed E-state index contributed by atoms with van der Waals surface area (Å²) in [6.07, 6.45) is 0. The summed E-state index contributed by atoms with van der Waals surface area (Å²) in [7, 11) is -17.1. The van der Waals surface area contributed by atoms with Crippen LogP contribution in [-0.4, -0.2) is 150 Å². The van der Waals surface area contributed by atoms with Crippen molar-refractivity contribution in [3.63, 3.8) is 0 Å². The third kappa shape index (κ3) is 12.8. The van der Waals surface area contributed by atoms with Gasteiger partial charge in [0.25, 0.3) is 40.5 Å². The van der Waals surface area contributed by atoms with E-state index in [4.69, 9.17) is 9.47 Å². The van der Waals surface area contributed by atoms with Crippen molar-refractivity contribution >= 4 is 167 Å². The molecule has 0 unspecified atom stereocenters. The third-order valence-electron chi connectivity index (χ3n) is 10.9. The molecule has 0 aliphatic heterocycles. The number of benzene rings is 7. The second-order valence-corrected chi connectivity index (χ2v) is 21.4. The van der Waals surface area contributed by atoms with Crippen LogP contribution in [0.25, 0.3) is 32.9 Å². The van der Waals surface area contributed by atoms with Gasteiger partial charge in [0.2, 0.25) is 11.9 Å². The van der Waals surface area contributed by atoms with Crippen LogP contribution < -0.4 is 20.1 Å². The Labute approximate surface area is 476 Å². The van der Waals surface area contributed by atoms with Gasteiger partial charge in [0, 0.05) is 99.0 Å². The molecule has 8 N–H and O–H groups in total. The fourth-order valence-corrected chi connectivity index (χ4v) is 10.2. The van der Waals surface area contributed by atoms with Crippen molar-refractivity contribution in [2.45, 2.75) is 33.4 Å². The fourth-order valence-electron chi connectivity index (χ4n) is 7.44. The number of anilines is 4. The van der Waals surface area contributed by atoms with Gasteiger partial charge in [-0.1, -0.05) is 42.5 Å². The molecule has 0 aliphatic rings. The van der Waals surface area contributed by atoms with Crippen LogP contribution in [0.1, 0.15) is 11.1 Å². The average molecular weight is 1130 g/mol. The van der Waals surface area contributed by atoms with Crippen molar-refractivity contribution < 1.29 is 71.6 Å². The standard InChI is InChI=1S/C45H37N9O16S4.2Na/c1-22-14-31(33(69-3)20-35(22)71(57,58)59)51-53-39-37(73(63,64)65)16-25-10-12-27(18-29(25)41(39)55)46-44-48-43(24-8-6-5-7-9-24)49-45(50-44)47-28-13-11-26-17-38(74(66,67)68)40(42(56)30(26)19-28)54-52-32-15-23(2)36(72(60,61)62)21-34(32)70-4;;/h5-21,55-56H,1-4H3,(H,57,58,59)(H,60,61,62)(H,63,64,65)(H,66,67,68)(H2,46,47,48,49,50);;. The van der Waals surface area contributed by atoms with E-state index in [-0.39, 0.29) is 144 Å². The smallest absolute Gasteiger partial charge is 0.296 e. The largest absolute Gasteiger partial charge is 0.505 e. The van der Waals surface area contributed by atoms with E-state index in [1.807, 2.05) is 0 Å². The van der Waals surface area contributed by atoms with Crippen molar-refractivity contribution in [1.29, 1.82) is 0 Å². The number of phenolic OH excluding ortho intramolecular Hbond substituents is 2. The number of methoxy groups -OCH3 is 2. The Morgan fingerprint density at radius 2 is 0.855 bits per heavy atom. The average Bonchev–Trinajstić information content (AvgIpc) is 3.32. The molecule has 2 radical (unpaired) electrons. The number of phenols is 2. The van der Waals surface area contributed by atoms with Crippen LogP contribution >= 0.6 is 0 Å². The van der Waals surface area contributed by atoms with Gasteiger partial charge in [0.1, 0.15) is 53.8 Å². The Kier molecular flexibility index (Phi) is 17.6. The molecule has 0 fully saturated rings. The van der Waals surface area contributed by atoms with Crippen LogP contribution in [-0.2, 0) is 40.5 Å². The molecular formula is C45H37N9Na2O16S4. The van der Waals surface area contributed by atoms with E-state index >= 15 is 0 Å². The molecule has 0 saturated carbocycles. The summed E-state index contributed by atoms with van der Waals surface area (Å²) in [6.45, 7) is 2.69. The van der Waals surface area contributed by atoms with E-state index in [9.17, 15) is 62.1 Å². The van der Waals surface area contributed by atoms with E-state index in [0.29, 0.717) is 5.56 Å². The van der Waals surface area contributed by atoms with Gasteiger partial charge in [-0.05, 0) is 84.3 Å². The summed E-state index contributed by atoms with van der Waals surface area (Å²) in [4.78, 5) is 11.0. The Morgan fingerprint density at radius 1 is 0.474 bits per heavy atom. The predicted octanol–water partition coefficient (Wildman–Crippen LogP) is 8.43. The summed E-state index contributed by atoms with van der Waals surface area (Å²) in [6, 6.07) is 23.6. The van der Waals surface area contributed by atoms with Crippen molar-refractivity contribution in [2.24, 2.45) is 20.5 Å². The third-order valence-corrected chi connectivity index (χ3v) is 14.6. The van der Waals surface area contributed by atoms with Crippen LogP contribution in [0.15, 0.2) is 143 Å². The number of azo groups is 2. The van der Waals surface area contributed by atoms with Gasteiger partial charge in [0.15, 0.2) is 17.3 Å². The second-order valence-electron chi connectivity index (χ2n) is 15.8. The zero-order valence-electron chi connectivity index (χ0n) is 40.3. The molecule has 0 atom stereocenters. The Morgan fingerprint density at radius 3 is 1.21 bits per heavy atom. The number of hydrogen-bond donors (Lipinski definition) is 8. The first-order valence-corrected chi connectivity index (χ1v) is 26.5. The quantitative estimate of drug-likeness (QED) is 0.0271. The van der Waals surface area contributed by atoms with E-state index < -0.39 is 82.9 Å². The zero-order chi connectivity index (χ0) is 53.7. The van der Waals surface area contributed by atoms with Crippen LogP contribution in [0.5, 0.6) is 23.0 Å². The Hall–Kier alpha value is -6.29. The van der Waals surface area contributed by atoms with Gasteiger partial charge in [-0.2, -0.15) is 48.6 Å². The number of aryl methyl sites for hydroxylation is 2. The Bertz CT molecular complexity index is 3930. The molecule has 1 aromatic heterocycles. The normalized spacial score (nSPS) is 12.2. The van der Waals surface area contributed by atoms with Crippen molar-refractivity contribution in [1.82, 2.24) is 15.0 Å². The van der Waals surface area contributed by atoms with Gasteiger partial charge in [-0.15, -0.1) is 20.5 Å². The number of ether oxygens (including phenoxy) is 2. The summed E-state index contributed by atoms with van der Waals surface area (Å²) >= 11 is 0. The summed E-state index contributed by atoms with van der Waals surface area (Å²) in [5.74, 6) is -1.92. The van der Waals surface area contributed by atoms with Crippen LogP contribution in [0, 0.1) is 13.8 Å². The molecule has 0 aliphatic carbocycles. The number of nitrogens with zero attached hydrogens (tertiary/aromatic N) is 7. The van der Waals surface area contributed by atoms with Gasteiger partial charge >= 0.3 is 0 Å². The molecule has 0 spiro atoms. The molecular weight excluding hydrogens is 1100 g/mol. The molecule has 25 nitrogen and oxygen atoms in total. The topological polar surface area (TPSA) is 389 Å². The Balaban J connectivity index is 0.00000469. The molecule has 7 aromatic carbocycles. The van der Waals surface area contributed by atoms with Gasteiger partial charge in [-0.3, -0.25) is 18.2 Å². The van der Waals surface area contributed by atoms with E-state index in [1.54, 1.807) is 30.3 Å². The van der Waals surface area contributed by atoms with Crippen molar-refractivity contribution in [2.75, 3.05) is 24.9 Å². The molecule has 76 heavy (non-hydrogen) atoms. The molecule has 1 heterocycles. The molecule has 0 amide bonds. The number of fused-ring (bicyclic) bond motifs is 2. The maximum atomic E-state index is 12.6. The number of aromatic hydroxyl groups is 2. The monoisotopic (exact) mass is 1130 g/mol. The molecule has 384 valence electrons. The fraction of sp³-hybridized carbons (Fsp3) is 0.0889. The predicted molar refractivity (Wildman–Crippen MR) is 278 cm³/mol. The SMILES string of the molecule is COc1cc(S(=O)(=O)O)c(C)cc1N=Nc1c(S(=O)(=O)O)cc2ccc(Nc3nc(Nc4ccc5cc(S(=O)(=O)O)c(N=Nc6cc(C)c(S(=O)(=O)O)cc6OC)c(O)c5c4)nc(-c4ccccc4)n3)cc2c1O.[Na].[Na]. The molecule has 0 saturated heterocycles. The first-order valence-electron chi connectivity index (χ1n) is 20.8. The minimum atomic E-state index is -5.06. The van der Waals surface area contributed by atoms with E-state index in [2.05, 4.69) is 46.0 Å². The second kappa shape index (κ2) is 22.7.